The molecule has 0 saturated carbocycles. The van der Waals surface area contributed by atoms with E-state index in [-0.39, 0.29) is 6.79 Å². The molecule has 1 aromatic carbocycles. The molecule has 2 aromatic rings. The fourth-order valence-electron chi connectivity index (χ4n) is 1.86. The minimum Gasteiger partial charge on any atom is -0.454 e. The summed E-state index contributed by atoms with van der Waals surface area (Å²) in [5, 5.41) is 7.31. The maximum atomic E-state index is 6.30. The maximum absolute atomic E-state index is 6.30. The van der Waals surface area contributed by atoms with Crippen molar-refractivity contribution in [2.45, 2.75) is 6.92 Å². The normalized spacial score (nSPS) is 13.1. The lowest BCUT2D eigenvalue weighted by atomic mass is 10.1. The third kappa shape index (κ3) is 1.51. The van der Waals surface area contributed by atoms with Crippen LogP contribution in [0.3, 0.4) is 0 Å². The van der Waals surface area contributed by atoms with Crippen LogP contribution in [0.5, 0.6) is 11.5 Å². The van der Waals surface area contributed by atoms with Crippen molar-refractivity contribution in [2.75, 3.05) is 12.5 Å². The minimum absolute atomic E-state index is 0.223. The van der Waals surface area contributed by atoms with Gasteiger partial charge in [0.1, 0.15) is 5.82 Å². The summed E-state index contributed by atoms with van der Waals surface area (Å²) in [6.45, 7) is 2.11. The van der Waals surface area contributed by atoms with Gasteiger partial charge in [0.15, 0.2) is 11.5 Å². The third-order valence-electron chi connectivity index (χ3n) is 2.71. The molecule has 1 aromatic heterocycles. The number of nitrogens with one attached hydrogen (secondary N) is 1. The number of aromatic nitrogens is 2. The van der Waals surface area contributed by atoms with E-state index in [1.165, 1.54) is 0 Å². The van der Waals surface area contributed by atoms with E-state index in [9.17, 15) is 0 Å². The Balaban J connectivity index is 2.21. The summed E-state index contributed by atoms with van der Waals surface area (Å²) in [5.74, 6) is 1.81. The highest BCUT2D eigenvalue weighted by molar-refractivity contribution is 6.34. The molecule has 5 nitrogen and oxygen atoms in total. The van der Waals surface area contributed by atoms with Gasteiger partial charge in [-0.2, -0.15) is 5.10 Å². The number of hydrogen-bond acceptors (Lipinski definition) is 4. The second-order valence-corrected chi connectivity index (χ2v) is 4.18. The van der Waals surface area contributed by atoms with E-state index in [0.717, 1.165) is 16.8 Å². The largest absolute Gasteiger partial charge is 0.454 e. The maximum Gasteiger partial charge on any atom is 0.231 e. The molecule has 3 rings (SSSR count). The van der Waals surface area contributed by atoms with Crippen molar-refractivity contribution in [1.82, 2.24) is 10.2 Å². The van der Waals surface area contributed by atoms with Gasteiger partial charge in [0.25, 0.3) is 0 Å². The van der Waals surface area contributed by atoms with Crippen molar-refractivity contribution in [1.29, 1.82) is 0 Å². The van der Waals surface area contributed by atoms with Crippen LogP contribution in [0, 0.1) is 6.92 Å². The highest BCUT2D eigenvalue weighted by atomic mass is 35.5. The van der Waals surface area contributed by atoms with Crippen LogP contribution in [0.25, 0.3) is 11.3 Å². The number of nitrogen functional groups attached to an aromatic ring is 1. The summed E-state index contributed by atoms with van der Waals surface area (Å²) in [6, 6.07) is 3.55. The Hall–Kier alpha value is -1.88. The molecule has 88 valence electrons. The van der Waals surface area contributed by atoms with Crippen LogP contribution in [-0.2, 0) is 0 Å². The van der Waals surface area contributed by atoms with Crippen LogP contribution < -0.4 is 15.2 Å². The molecule has 0 saturated heterocycles. The van der Waals surface area contributed by atoms with E-state index in [4.69, 9.17) is 26.8 Å². The van der Waals surface area contributed by atoms with Gasteiger partial charge < -0.3 is 15.2 Å². The van der Waals surface area contributed by atoms with Crippen LogP contribution in [0.2, 0.25) is 5.02 Å². The Morgan fingerprint density at radius 2 is 2.24 bits per heavy atom. The van der Waals surface area contributed by atoms with Crippen molar-refractivity contribution >= 4 is 17.4 Å². The van der Waals surface area contributed by atoms with Crippen LogP contribution >= 0.6 is 11.6 Å². The summed E-state index contributed by atoms with van der Waals surface area (Å²) < 4.78 is 10.7. The number of H-pyrrole nitrogens is 1. The number of halogens is 1. The molecule has 0 atom stereocenters. The van der Waals surface area contributed by atoms with E-state index in [1.54, 1.807) is 6.07 Å². The second kappa shape index (κ2) is 3.56. The van der Waals surface area contributed by atoms with Crippen LogP contribution in [0.15, 0.2) is 12.1 Å². The molecule has 0 bridgehead atoms. The molecular weight excluding hydrogens is 242 g/mol. The van der Waals surface area contributed by atoms with Gasteiger partial charge in [-0.3, -0.25) is 5.10 Å². The Morgan fingerprint density at radius 3 is 2.94 bits per heavy atom. The highest BCUT2D eigenvalue weighted by Crippen LogP contribution is 2.44. The monoisotopic (exact) mass is 251 g/mol. The molecule has 2 heterocycles. The van der Waals surface area contributed by atoms with Gasteiger partial charge in [-0.25, -0.2) is 0 Å². The van der Waals surface area contributed by atoms with Gasteiger partial charge in [0, 0.05) is 17.2 Å². The first kappa shape index (κ1) is 10.3. The number of benzene rings is 1. The van der Waals surface area contributed by atoms with Crippen molar-refractivity contribution < 1.29 is 9.47 Å². The zero-order valence-electron chi connectivity index (χ0n) is 9.08. The Morgan fingerprint density at radius 1 is 1.41 bits per heavy atom. The molecule has 0 spiro atoms. The lowest BCUT2D eigenvalue weighted by Gasteiger charge is -2.08. The number of anilines is 1. The van der Waals surface area contributed by atoms with E-state index < -0.39 is 0 Å². The smallest absolute Gasteiger partial charge is 0.231 e. The average molecular weight is 252 g/mol. The molecule has 1 aliphatic heterocycles. The van der Waals surface area contributed by atoms with Crippen LogP contribution in [-0.4, -0.2) is 17.0 Å². The highest BCUT2D eigenvalue weighted by Gasteiger charge is 2.22. The number of nitrogens with two attached hydrogens (primary N) is 1. The quantitative estimate of drug-likeness (QED) is 0.816. The molecule has 1 aliphatic rings. The summed E-state index contributed by atoms with van der Waals surface area (Å²) in [6.07, 6.45) is 0. The summed E-state index contributed by atoms with van der Waals surface area (Å²) in [7, 11) is 0. The topological polar surface area (TPSA) is 73.2 Å². The number of fused-ring (bicyclic) bond motifs is 1. The van der Waals surface area contributed by atoms with Gasteiger partial charge in [-0.15, -0.1) is 0 Å². The number of rotatable bonds is 1. The SMILES string of the molecule is Cc1c(Cl)c(-c2cc(N)n[nH]2)cc2c1OCO2. The standard InChI is InChI=1S/C11H10ClN3O2/c1-5-10(12)6(7-3-9(13)15-14-7)2-8-11(5)17-4-16-8/h2-3H,4H2,1H3,(H3,13,14,15). The first-order valence-electron chi connectivity index (χ1n) is 5.07. The summed E-state index contributed by atoms with van der Waals surface area (Å²) in [5.41, 5.74) is 7.99. The number of hydrogen-bond donors (Lipinski definition) is 2. The van der Waals surface area contributed by atoms with E-state index in [0.29, 0.717) is 22.3 Å². The van der Waals surface area contributed by atoms with Crippen molar-refractivity contribution in [3.05, 3.63) is 22.7 Å². The van der Waals surface area contributed by atoms with Gasteiger partial charge in [0.2, 0.25) is 6.79 Å². The molecule has 17 heavy (non-hydrogen) atoms. The molecule has 6 heteroatoms. The lowest BCUT2D eigenvalue weighted by Crippen LogP contribution is -1.93. The Kier molecular flexibility index (Phi) is 2.16. The van der Waals surface area contributed by atoms with Crippen LogP contribution in [0.4, 0.5) is 5.82 Å². The first-order valence-corrected chi connectivity index (χ1v) is 5.44. The summed E-state index contributed by atoms with van der Waals surface area (Å²) in [4.78, 5) is 0. The first-order chi connectivity index (χ1) is 8.16. The molecule has 0 amide bonds. The molecule has 0 aliphatic carbocycles. The van der Waals surface area contributed by atoms with Crippen molar-refractivity contribution in [3.63, 3.8) is 0 Å². The molecule has 3 N–H and O–H groups in total. The molecule has 0 fully saturated rings. The van der Waals surface area contributed by atoms with Crippen molar-refractivity contribution in [3.8, 4) is 22.8 Å². The lowest BCUT2D eigenvalue weighted by molar-refractivity contribution is 0.173. The minimum atomic E-state index is 0.223. The zero-order chi connectivity index (χ0) is 12.0. The van der Waals surface area contributed by atoms with Gasteiger partial charge in [-0.05, 0) is 13.0 Å². The fraction of sp³-hybridized carbons (Fsp3) is 0.182. The average Bonchev–Trinajstić information content (AvgIpc) is 2.91. The molecule has 0 radical (unpaired) electrons. The van der Waals surface area contributed by atoms with E-state index >= 15 is 0 Å². The predicted molar refractivity (Wildman–Crippen MR) is 64.3 cm³/mol. The zero-order valence-corrected chi connectivity index (χ0v) is 9.84. The third-order valence-corrected chi connectivity index (χ3v) is 3.20. The Labute approximate surface area is 102 Å². The number of aromatic amines is 1. The van der Waals surface area contributed by atoms with Gasteiger partial charge in [0.05, 0.1) is 10.7 Å². The number of ether oxygens (including phenoxy) is 2. The molecular formula is C11H10ClN3O2. The predicted octanol–water partition coefficient (Wildman–Crippen LogP) is 2.35. The Bertz CT molecular complexity index is 595. The molecule has 0 unspecified atom stereocenters. The summed E-state index contributed by atoms with van der Waals surface area (Å²) >= 11 is 6.30. The van der Waals surface area contributed by atoms with Crippen molar-refractivity contribution in [2.24, 2.45) is 0 Å². The van der Waals surface area contributed by atoms with Gasteiger partial charge >= 0.3 is 0 Å². The van der Waals surface area contributed by atoms with E-state index in [2.05, 4.69) is 10.2 Å². The van der Waals surface area contributed by atoms with Crippen LogP contribution in [0.1, 0.15) is 5.56 Å². The second-order valence-electron chi connectivity index (χ2n) is 3.80. The fourth-order valence-corrected chi connectivity index (χ4v) is 2.10. The van der Waals surface area contributed by atoms with E-state index in [1.807, 2.05) is 13.0 Å². The van der Waals surface area contributed by atoms with Gasteiger partial charge in [-0.1, -0.05) is 11.6 Å². The number of nitrogens with zero attached hydrogens (tertiary/aromatic N) is 1.